The Bertz CT molecular complexity index is 117. The summed E-state index contributed by atoms with van der Waals surface area (Å²) in [5.74, 6) is 0.364. The van der Waals surface area contributed by atoms with E-state index in [2.05, 4.69) is 0 Å². The molecule has 0 aliphatic heterocycles. The van der Waals surface area contributed by atoms with Crippen molar-refractivity contribution in [1.82, 2.24) is 0 Å². The molecule has 11 heavy (non-hydrogen) atoms. The van der Waals surface area contributed by atoms with Crippen LogP contribution in [0.4, 0.5) is 0 Å². The normalized spacial score (nSPS) is 13.5. The van der Waals surface area contributed by atoms with E-state index in [-0.39, 0.29) is 5.78 Å². The summed E-state index contributed by atoms with van der Waals surface area (Å²) in [6, 6.07) is 0. The summed E-state index contributed by atoms with van der Waals surface area (Å²) in [5.41, 5.74) is 0. The number of hydrogen-bond acceptors (Lipinski definition) is 2. The number of aliphatic hydroxyl groups is 1. The zero-order valence-corrected chi connectivity index (χ0v) is 7.63. The summed E-state index contributed by atoms with van der Waals surface area (Å²) >= 11 is 0. The lowest BCUT2D eigenvalue weighted by atomic mass is 9.93. The van der Waals surface area contributed by atoms with Gasteiger partial charge in [-0.1, -0.05) is 26.7 Å². The highest BCUT2D eigenvalue weighted by Gasteiger charge is 2.16. The fourth-order valence-electron chi connectivity index (χ4n) is 1.29. The monoisotopic (exact) mass is 158 g/mol. The van der Waals surface area contributed by atoms with Crippen molar-refractivity contribution in [2.24, 2.45) is 5.92 Å². The van der Waals surface area contributed by atoms with Gasteiger partial charge in [-0.25, -0.2) is 0 Å². The molecule has 0 aliphatic rings. The number of hydrogen-bond donors (Lipinski definition) is 1. The molecular weight excluding hydrogens is 140 g/mol. The van der Waals surface area contributed by atoms with Crippen molar-refractivity contribution in [2.45, 2.75) is 46.1 Å². The second kappa shape index (κ2) is 5.30. The van der Waals surface area contributed by atoms with Gasteiger partial charge in [0.25, 0.3) is 0 Å². The third kappa shape index (κ3) is 4.14. The Kier molecular flexibility index (Phi) is 5.12. The standard InChI is InChI=1S/C9H18O2/c1-4-8(5-2)9(11)6-7(3)10/h8-9,11H,4-6H2,1-3H3. The predicted molar refractivity (Wildman–Crippen MR) is 45.4 cm³/mol. The topological polar surface area (TPSA) is 37.3 Å². The van der Waals surface area contributed by atoms with Crippen LogP contribution in [0.25, 0.3) is 0 Å². The zero-order chi connectivity index (χ0) is 8.85. The third-order valence-corrected chi connectivity index (χ3v) is 2.09. The van der Waals surface area contributed by atoms with Crippen molar-refractivity contribution in [3.8, 4) is 0 Å². The van der Waals surface area contributed by atoms with Crippen molar-refractivity contribution in [3.05, 3.63) is 0 Å². The number of carbonyl (C=O) groups is 1. The molecule has 0 aliphatic carbocycles. The van der Waals surface area contributed by atoms with Crippen LogP contribution < -0.4 is 0 Å². The summed E-state index contributed by atoms with van der Waals surface area (Å²) in [6.45, 7) is 5.60. The second-order valence-corrected chi connectivity index (χ2v) is 3.05. The van der Waals surface area contributed by atoms with E-state index in [0.717, 1.165) is 12.8 Å². The molecule has 0 aromatic rings. The zero-order valence-electron chi connectivity index (χ0n) is 7.63. The van der Waals surface area contributed by atoms with Gasteiger partial charge in [0, 0.05) is 6.42 Å². The third-order valence-electron chi connectivity index (χ3n) is 2.09. The van der Waals surface area contributed by atoms with Crippen LogP contribution in [0.5, 0.6) is 0 Å². The van der Waals surface area contributed by atoms with E-state index in [1.165, 1.54) is 6.92 Å². The van der Waals surface area contributed by atoms with Gasteiger partial charge in [0.1, 0.15) is 5.78 Å². The average Bonchev–Trinajstić information content (AvgIpc) is 1.88. The average molecular weight is 158 g/mol. The van der Waals surface area contributed by atoms with E-state index < -0.39 is 6.10 Å². The van der Waals surface area contributed by atoms with Gasteiger partial charge >= 0.3 is 0 Å². The molecule has 1 N–H and O–H groups in total. The first-order valence-corrected chi connectivity index (χ1v) is 4.29. The van der Waals surface area contributed by atoms with Gasteiger partial charge in [0.15, 0.2) is 0 Å². The van der Waals surface area contributed by atoms with Gasteiger partial charge in [-0.05, 0) is 12.8 Å². The summed E-state index contributed by atoms with van der Waals surface area (Å²) in [4.78, 5) is 10.6. The lowest BCUT2D eigenvalue weighted by Gasteiger charge is -2.18. The summed E-state index contributed by atoms with van der Waals surface area (Å²) in [5, 5.41) is 9.46. The van der Waals surface area contributed by atoms with Crippen LogP contribution in [0.15, 0.2) is 0 Å². The highest BCUT2D eigenvalue weighted by atomic mass is 16.3. The molecule has 2 heteroatoms. The Morgan fingerprint density at radius 3 is 2.09 bits per heavy atom. The fourth-order valence-corrected chi connectivity index (χ4v) is 1.29. The molecule has 0 radical (unpaired) electrons. The summed E-state index contributed by atoms with van der Waals surface area (Å²) in [6.07, 6.45) is 1.78. The SMILES string of the molecule is CCC(CC)C(O)CC(C)=O. The van der Waals surface area contributed by atoms with Gasteiger partial charge in [0.05, 0.1) is 6.10 Å². The molecular formula is C9H18O2. The largest absolute Gasteiger partial charge is 0.392 e. The minimum absolute atomic E-state index is 0.0735. The van der Waals surface area contributed by atoms with Gasteiger partial charge in [-0.2, -0.15) is 0 Å². The molecule has 1 unspecified atom stereocenters. The number of ketones is 1. The fraction of sp³-hybridized carbons (Fsp3) is 0.889. The number of Topliss-reactive ketones (excluding diaryl/α,β-unsaturated/α-hetero) is 1. The molecule has 0 spiro atoms. The number of aliphatic hydroxyl groups excluding tert-OH is 1. The van der Waals surface area contributed by atoms with Gasteiger partial charge in [-0.15, -0.1) is 0 Å². The van der Waals surface area contributed by atoms with Crippen LogP contribution in [0.2, 0.25) is 0 Å². The number of carbonyl (C=O) groups excluding carboxylic acids is 1. The van der Waals surface area contributed by atoms with Crippen LogP contribution in [0, 0.1) is 5.92 Å². The lowest BCUT2D eigenvalue weighted by molar-refractivity contribution is -0.119. The van der Waals surface area contributed by atoms with Gasteiger partial charge in [0.2, 0.25) is 0 Å². The van der Waals surface area contributed by atoms with Crippen molar-refractivity contribution in [2.75, 3.05) is 0 Å². The Labute approximate surface area is 68.6 Å². The van der Waals surface area contributed by atoms with Gasteiger partial charge in [-0.3, -0.25) is 4.79 Å². The van der Waals surface area contributed by atoms with Crippen LogP contribution >= 0.6 is 0 Å². The first-order chi connectivity index (χ1) is 5.11. The molecule has 0 saturated carbocycles. The molecule has 0 aromatic carbocycles. The maximum absolute atomic E-state index is 10.6. The Morgan fingerprint density at radius 1 is 1.36 bits per heavy atom. The smallest absolute Gasteiger partial charge is 0.132 e. The molecule has 0 rings (SSSR count). The van der Waals surface area contributed by atoms with Gasteiger partial charge < -0.3 is 5.11 Å². The Balaban J connectivity index is 3.78. The maximum Gasteiger partial charge on any atom is 0.132 e. The minimum Gasteiger partial charge on any atom is -0.392 e. The van der Waals surface area contributed by atoms with Crippen LogP contribution in [0.1, 0.15) is 40.0 Å². The molecule has 0 fully saturated rings. The molecule has 1 atom stereocenters. The first-order valence-electron chi connectivity index (χ1n) is 4.29. The Hall–Kier alpha value is -0.370. The van der Waals surface area contributed by atoms with Crippen molar-refractivity contribution >= 4 is 5.78 Å². The molecule has 0 saturated heterocycles. The second-order valence-electron chi connectivity index (χ2n) is 3.05. The Morgan fingerprint density at radius 2 is 1.82 bits per heavy atom. The molecule has 0 bridgehead atoms. The first kappa shape index (κ1) is 10.6. The van der Waals surface area contributed by atoms with E-state index >= 15 is 0 Å². The quantitative estimate of drug-likeness (QED) is 0.662. The number of rotatable bonds is 5. The van der Waals surface area contributed by atoms with Crippen molar-refractivity contribution in [1.29, 1.82) is 0 Å². The van der Waals surface area contributed by atoms with E-state index in [0.29, 0.717) is 12.3 Å². The molecule has 0 heterocycles. The molecule has 0 amide bonds. The predicted octanol–water partition coefficient (Wildman–Crippen LogP) is 1.76. The van der Waals surface area contributed by atoms with Crippen LogP contribution in [-0.4, -0.2) is 17.0 Å². The summed E-state index contributed by atoms with van der Waals surface area (Å²) < 4.78 is 0. The highest BCUT2D eigenvalue weighted by Crippen LogP contribution is 2.15. The maximum atomic E-state index is 10.6. The van der Waals surface area contributed by atoms with Crippen molar-refractivity contribution in [3.63, 3.8) is 0 Å². The molecule has 0 aromatic heterocycles. The van der Waals surface area contributed by atoms with Crippen LogP contribution in [0.3, 0.4) is 0 Å². The van der Waals surface area contributed by atoms with E-state index in [9.17, 15) is 9.90 Å². The summed E-state index contributed by atoms with van der Waals surface area (Å²) in [7, 11) is 0. The minimum atomic E-state index is -0.428. The van der Waals surface area contributed by atoms with Crippen molar-refractivity contribution < 1.29 is 9.90 Å². The lowest BCUT2D eigenvalue weighted by Crippen LogP contribution is -2.21. The molecule has 2 nitrogen and oxygen atoms in total. The van der Waals surface area contributed by atoms with E-state index in [1.807, 2.05) is 13.8 Å². The van der Waals surface area contributed by atoms with E-state index in [1.54, 1.807) is 0 Å². The molecule has 66 valence electrons. The van der Waals surface area contributed by atoms with Crippen LogP contribution in [-0.2, 0) is 4.79 Å². The van der Waals surface area contributed by atoms with E-state index in [4.69, 9.17) is 0 Å². The highest BCUT2D eigenvalue weighted by molar-refractivity contribution is 5.75.